The molecule has 0 radical (unpaired) electrons. The van der Waals surface area contributed by atoms with Gasteiger partial charge in [-0.25, -0.2) is 9.97 Å². The first-order valence-electron chi connectivity index (χ1n) is 8.28. The minimum absolute atomic E-state index is 0.0573. The maximum Gasteiger partial charge on any atom is 0.274 e. The van der Waals surface area contributed by atoms with Crippen molar-refractivity contribution in [3.8, 4) is 5.75 Å². The van der Waals surface area contributed by atoms with Crippen molar-refractivity contribution in [3.63, 3.8) is 0 Å². The van der Waals surface area contributed by atoms with Crippen LogP contribution in [-0.4, -0.2) is 41.0 Å². The molecule has 1 aliphatic rings. The second kappa shape index (κ2) is 7.70. The van der Waals surface area contributed by atoms with Crippen molar-refractivity contribution >= 4 is 29.0 Å². The van der Waals surface area contributed by atoms with E-state index in [2.05, 4.69) is 22.2 Å². The Morgan fingerprint density at radius 1 is 1.36 bits per heavy atom. The fraction of sp³-hybridized carbons (Fsp3) is 0.389. The van der Waals surface area contributed by atoms with Crippen LogP contribution in [0.5, 0.6) is 5.75 Å². The molecule has 1 unspecified atom stereocenters. The van der Waals surface area contributed by atoms with Gasteiger partial charge >= 0.3 is 0 Å². The van der Waals surface area contributed by atoms with Crippen LogP contribution in [0.1, 0.15) is 30.3 Å². The number of hydrogen-bond donors (Lipinski definition) is 1. The highest BCUT2D eigenvalue weighted by molar-refractivity contribution is 6.32. The molecule has 0 saturated carbocycles. The van der Waals surface area contributed by atoms with Crippen LogP contribution < -0.4 is 10.1 Å². The molecule has 7 heteroatoms. The zero-order chi connectivity index (χ0) is 17.8. The molecule has 1 atom stereocenters. The molecule has 0 aliphatic carbocycles. The van der Waals surface area contributed by atoms with Gasteiger partial charge in [0.05, 0.1) is 24.5 Å². The normalized spacial score (nSPS) is 17.2. The summed E-state index contributed by atoms with van der Waals surface area (Å²) in [5.41, 5.74) is 1.14. The van der Waals surface area contributed by atoms with Gasteiger partial charge in [-0.2, -0.15) is 0 Å². The van der Waals surface area contributed by atoms with Crippen molar-refractivity contribution < 1.29 is 9.53 Å². The van der Waals surface area contributed by atoms with Gasteiger partial charge in [0.15, 0.2) is 0 Å². The number of aromatic nitrogens is 2. The third-order valence-electron chi connectivity index (χ3n) is 4.24. The molecule has 3 rings (SSSR count). The molecule has 1 aliphatic heterocycles. The van der Waals surface area contributed by atoms with Gasteiger partial charge in [-0.1, -0.05) is 18.5 Å². The molecule has 2 aromatic rings. The number of hydrogen-bond acceptors (Lipinski definition) is 5. The van der Waals surface area contributed by atoms with Gasteiger partial charge in [-0.3, -0.25) is 4.79 Å². The number of carbonyl (C=O) groups is 1. The Morgan fingerprint density at radius 3 is 2.84 bits per heavy atom. The quantitative estimate of drug-likeness (QED) is 0.899. The minimum Gasteiger partial charge on any atom is -0.495 e. The van der Waals surface area contributed by atoms with Gasteiger partial charge < -0.3 is 15.0 Å². The van der Waals surface area contributed by atoms with E-state index in [0.29, 0.717) is 28.2 Å². The Balaban J connectivity index is 1.67. The molecule has 0 bridgehead atoms. The van der Waals surface area contributed by atoms with Crippen molar-refractivity contribution in [2.45, 2.75) is 19.8 Å². The Kier molecular flexibility index (Phi) is 5.38. The van der Waals surface area contributed by atoms with E-state index in [9.17, 15) is 4.79 Å². The molecule has 25 heavy (non-hydrogen) atoms. The molecular weight excluding hydrogens is 340 g/mol. The van der Waals surface area contributed by atoms with Gasteiger partial charge in [-0.15, -0.1) is 0 Å². The summed E-state index contributed by atoms with van der Waals surface area (Å²) in [6.45, 7) is 3.73. The summed E-state index contributed by atoms with van der Waals surface area (Å²) in [4.78, 5) is 22.9. The molecule has 1 fully saturated rings. The number of nitrogens with zero attached hydrogens (tertiary/aromatic N) is 3. The van der Waals surface area contributed by atoms with Gasteiger partial charge in [0, 0.05) is 18.8 Å². The summed E-state index contributed by atoms with van der Waals surface area (Å²) >= 11 is 6.11. The second-order valence-electron chi connectivity index (χ2n) is 6.26. The zero-order valence-electron chi connectivity index (χ0n) is 14.3. The fourth-order valence-corrected chi connectivity index (χ4v) is 3.19. The standard InChI is InChI=1S/C18H21ClN4O2/c1-12-4-3-7-23(11-12)18(24)15-9-21-17(10-20-15)22-13-5-6-16(25-2)14(19)8-13/h5-6,8-10,12H,3-4,7,11H2,1-2H3,(H,21,22). The maximum absolute atomic E-state index is 12.5. The number of methoxy groups -OCH3 is 1. The summed E-state index contributed by atoms with van der Waals surface area (Å²) in [5, 5.41) is 3.62. The highest BCUT2D eigenvalue weighted by atomic mass is 35.5. The number of amides is 1. The topological polar surface area (TPSA) is 67.3 Å². The summed E-state index contributed by atoms with van der Waals surface area (Å²) in [7, 11) is 1.57. The largest absolute Gasteiger partial charge is 0.495 e. The van der Waals surface area contributed by atoms with Gasteiger partial charge in [-0.05, 0) is 37.0 Å². The zero-order valence-corrected chi connectivity index (χ0v) is 15.1. The number of ether oxygens (including phenoxy) is 1. The average Bonchev–Trinajstić information content (AvgIpc) is 2.62. The second-order valence-corrected chi connectivity index (χ2v) is 6.67. The number of halogens is 1. The Labute approximate surface area is 152 Å². The van der Waals surface area contributed by atoms with Crippen LogP contribution in [0.2, 0.25) is 5.02 Å². The third kappa shape index (κ3) is 4.20. The third-order valence-corrected chi connectivity index (χ3v) is 4.53. The van der Waals surface area contributed by atoms with Gasteiger partial charge in [0.1, 0.15) is 17.3 Å². The van der Waals surface area contributed by atoms with Crippen molar-refractivity contribution in [3.05, 3.63) is 41.3 Å². The maximum atomic E-state index is 12.5. The summed E-state index contributed by atoms with van der Waals surface area (Å²) in [6.07, 6.45) is 5.27. The van der Waals surface area contributed by atoms with Crippen LogP contribution in [0.15, 0.2) is 30.6 Å². The van der Waals surface area contributed by atoms with E-state index in [1.165, 1.54) is 12.6 Å². The summed E-state index contributed by atoms with van der Waals surface area (Å²) in [6, 6.07) is 5.35. The van der Waals surface area contributed by atoms with Crippen molar-refractivity contribution in [2.75, 3.05) is 25.5 Å². The molecule has 1 aromatic carbocycles. The molecule has 1 N–H and O–H groups in total. The highest BCUT2D eigenvalue weighted by Gasteiger charge is 2.23. The first-order chi connectivity index (χ1) is 12.1. The molecule has 2 heterocycles. The van der Waals surface area contributed by atoms with Crippen molar-refractivity contribution in [1.82, 2.24) is 14.9 Å². The van der Waals surface area contributed by atoms with Crippen LogP contribution in [0, 0.1) is 5.92 Å². The van der Waals surface area contributed by atoms with E-state index in [1.54, 1.807) is 25.4 Å². The van der Waals surface area contributed by atoms with E-state index in [-0.39, 0.29) is 5.91 Å². The highest BCUT2D eigenvalue weighted by Crippen LogP contribution is 2.28. The monoisotopic (exact) mass is 360 g/mol. The van der Waals surface area contributed by atoms with E-state index in [4.69, 9.17) is 16.3 Å². The lowest BCUT2D eigenvalue weighted by atomic mass is 10.0. The van der Waals surface area contributed by atoms with Crippen LogP contribution >= 0.6 is 11.6 Å². The number of piperidine rings is 1. The molecule has 1 amide bonds. The van der Waals surface area contributed by atoms with Crippen LogP contribution in [-0.2, 0) is 0 Å². The van der Waals surface area contributed by atoms with Crippen LogP contribution in [0.25, 0.3) is 0 Å². The Hall–Kier alpha value is -2.34. The van der Waals surface area contributed by atoms with Gasteiger partial charge in [0.25, 0.3) is 5.91 Å². The van der Waals surface area contributed by atoms with Gasteiger partial charge in [0.2, 0.25) is 0 Å². The van der Waals surface area contributed by atoms with E-state index in [0.717, 1.165) is 25.2 Å². The Bertz CT molecular complexity index is 751. The van der Waals surface area contributed by atoms with Crippen LogP contribution in [0.4, 0.5) is 11.5 Å². The van der Waals surface area contributed by atoms with Crippen molar-refractivity contribution in [2.24, 2.45) is 5.92 Å². The average molecular weight is 361 g/mol. The predicted molar refractivity (Wildman–Crippen MR) is 97.6 cm³/mol. The number of benzene rings is 1. The molecular formula is C18H21ClN4O2. The molecule has 1 aromatic heterocycles. The van der Waals surface area contributed by atoms with E-state index < -0.39 is 0 Å². The summed E-state index contributed by atoms with van der Waals surface area (Å²) in [5.74, 6) is 1.63. The number of nitrogens with one attached hydrogen (secondary N) is 1. The lowest BCUT2D eigenvalue weighted by Crippen LogP contribution is -2.39. The minimum atomic E-state index is -0.0573. The number of rotatable bonds is 4. The fourth-order valence-electron chi connectivity index (χ4n) is 2.93. The first-order valence-corrected chi connectivity index (χ1v) is 8.66. The van der Waals surface area contributed by atoms with Crippen LogP contribution in [0.3, 0.4) is 0 Å². The first kappa shape index (κ1) is 17.5. The lowest BCUT2D eigenvalue weighted by molar-refractivity contribution is 0.0676. The Morgan fingerprint density at radius 2 is 2.20 bits per heavy atom. The van der Waals surface area contributed by atoms with E-state index >= 15 is 0 Å². The SMILES string of the molecule is COc1ccc(Nc2cnc(C(=O)N3CCCC(C)C3)cn2)cc1Cl. The predicted octanol–water partition coefficient (Wildman–Crippen LogP) is 3.75. The molecule has 0 spiro atoms. The lowest BCUT2D eigenvalue weighted by Gasteiger charge is -2.30. The summed E-state index contributed by atoms with van der Waals surface area (Å²) < 4.78 is 5.13. The number of likely N-dealkylation sites (tertiary alicyclic amines) is 1. The van der Waals surface area contributed by atoms with E-state index in [1.807, 2.05) is 11.0 Å². The molecule has 6 nitrogen and oxygen atoms in total. The molecule has 1 saturated heterocycles. The van der Waals surface area contributed by atoms with Crippen molar-refractivity contribution in [1.29, 1.82) is 0 Å². The smallest absolute Gasteiger partial charge is 0.274 e. The molecule has 132 valence electrons. The number of carbonyl (C=O) groups excluding carboxylic acids is 1. The number of anilines is 2.